The molecule has 2 atom stereocenters. The highest BCUT2D eigenvalue weighted by atomic mass is 19.4. The summed E-state index contributed by atoms with van der Waals surface area (Å²) in [6.45, 7) is 57.0. The number of unbranched alkanes of at least 4 members (excludes halogenated alkanes) is 3. The fourth-order valence-corrected chi connectivity index (χ4v) is 5.52. The second-order valence-corrected chi connectivity index (χ2v) is 22.5. The Balaban J connectivity index is -0.0000000771. The molecule has 0 aromatic heterocycles. The van der Waals surface area contributed by atoms with Gasteiger partial charge in [0.15, 0.2) is 0 Å². The van der Waals surface area contributed by atoms with Crippen molar-refractivity contribution in [3.63, 3.8) is 0 Å². The van der Waals surface area contributed by atoms with Crippen molar-refractivity contribution in [2.75, 3.05) is 0 Å². The number of alkyl halides is 6. The standard InChI is InChI=1S/C8H16.2C7H14.C6H11F3.C6H14.C5H9F3.2C5H12.4C4H10.C3H8.C2H6/c1-2-8-6-4-3-5-7-8;1-7-5-3-2-4-6-7;1-2-7-5-3-4-6-7;1-3-4-5(2)6(7,8)9;1-4-5-6(2)3;1-3-4(2)5(6,7)8;1-4-5(2)3;1-3-5-4-2;2*1-4(2)3;2*1-3-4-2;1-3-2;1-2/h8H,2-7H2,1H3;2*7H,2-6H2,1H3;5H,3-4H2,1-2H3;6H,4-5H2,1-3H3;4H,3H2,1-2H3;5H,4H2,1-3H3;3-5H2,1-2H3;2*4H,1-3H3;2*3-4H2,1-2H3;3H2,1-2H3;1-2H3/i2D2;7D;2D2;;;;;;4D;;3D2;;;. The Morgan fingerprint density at radius 3 is 0.763 bits per heavy atom. The first-order valence-corrected chi connectivity index (χ1v) is 32.1. The maximum Gasteiger partial charge on any atom is 0.391 e. The lowest BCUT2D eigenvalue weighted by molar-refractivity contribution is -0.171. The van der Waals surface area contributed by atoms with Gasteiger partial charge in [0, 0.05) is 11.0 Å². The van der Waals surface area contributed by atoms with Crippen molar-refractivity contribution in [2.45, 2.75) is 406 Å². The van der Waals surface area contributed by atoms with E-state index in [0.717, 1.165) is 56.3 Å². The van der Waals surface area contributed by atoms with Crippen molar-refractivity contribution < 1.29 is 37.3 Å². The first kappa shape index (κ1) is 79.8. The van der Waals surface area contributed by atoms with Gasteiger partial charge in [0.1, 0.15) is 0 Å². The summed E-state index contributed by atoms with van der Waals surface area (Å²) in [6.07, 6.45) is 19.6. The predicted octanol–water partition coefficient (Wildman–Crippen LogP) is 29.8. The molecule has 0 amide bonds. The highest BCUT2D eigenvalue weighted by Crippen LogP contribution is 2.30. The zero-order chi connectivity index (χ0) is 69.6. The van der Waals surface area contributed by atoms with Crippen molar-refractivity contribution in [1.82, 2.24) is 0 Å². The molecule has 3 saturated carbocycles. The van der Waals surface area contributed by atoms with Gasteiger partial charge in [0.2, 0.25) is 0 Å². The smallest absolute Gasteiger partial charge is 0.171 e. The molecule has 0 heterocycles. The summed E-state index contributed by atoms with van der Waals surface area (Å²) in [5, 5.41) is 0. The molecular formula is C70H156F6. The van der Waals surface area contributed by atoms with Gasteiger partial charge >= 0.3 is 12.4 Å². The van der Waals surface area contributed by atoms with E-state index in [1.807, 2.05) is 48.5 Å². The Kier molecular flexibility index (Phi) is 90.1. The summed E-state index contributed by atoms with van der Waals surface area (Å²) in [7, 11) is 0. The van der Waals surface area contributed by atoms with Crippen LogP contribution in [0.4, 0.5) is 26.3 Å². The fourth-order valence-electron chi connectivity index (χ4n) is 5.52. The van der Waals surface area contributed by atoms with Crippen LogP contribution in [0.1, 0.15) is 404 Å². The van der Waals surface area contributed by atoms with Crippen LogP contribution in [0.5, 0.6) is 0 Å². The van der Waals surface area contributed by atoms with E-state index in [0.29, 0.717) is 24.7 Å². The molecule has 3 aliphatic carbocycles. The van der Waals surface area contributed by atoms with Crippen molar-refractivity contribution in [1.29, 1.82) is 0 Å². The molecule has 478 valence electrons. The Hall–Kier alpha value is -0.420. The van der Waals surface area contributed by atoms with Crippen molar-refractivity contribution >= 4 is 0 Å². The maximum absolute atomic E-state index is 11.6. The van der Waals surface area contributed by atoms with Crippen LogP contribution >= 0.6 is 0 Å². The van der Waals surface area contributed by atoms with E-state index in [4.69, 9.17) is 11.0 Å². The SMILES string of the molecule is CC.CC(C)C.CCC.CCC(C)C.CCC(C)C(F)(F)F.CCCC.CCCC(C)C.CCCC(C)C(F)(F)F.CCCCC.[2H]C(C)(C)C.[2H]C([2H])(C)C1CCCC1.[2H]C([2H])(C)C1CCCCC1.[2H]C([2H])(C)CC.[2H]C1(C)CCCCC1. The van der Waals surface area contributed by atoms with Gasteiger partial charge in [-0.15, -0.1) is 0 Å². The lowest BCUT2D eigenvalue weighted by Crippen LogP contribution is -2.19. The summed E-state index contributed by atoms with van der Waals surface area (Å²) in [5.74, 6) is 0.687. The van der Waals surface area contributed by atoms with Crippen molar-refractivity contribution in [2.24, 2.45) is 53.2 Å². The summed E-state index contributed by atoms with van der Waals surface area (Å²) in [5.41, 5.74) is 0. The molecular weight excluding hydrogens is 955 g/mol. The van der Waals surface area contributed by atoms with Crippen LogP contribution in [-0.2, 0) is 0 Å². The molecule has 3 fully saturated rings. The van der Waals surface area contributed by atoms with E-state index in [-0.39, 0.29) is 24.6 Å². The fraction of sp³-hybridized carbons (Fsp3) is 1.00. The summed E-state index contributed by atoms with van der Waals surface area (Å²) in [4.78, 5) is 0. The average Bonchev–Trinajstić information content (AvgIpc) is 3.92. The Morgan fingerprint density at radius 1 is 0.421 bits per heavy atom. The van der Waals surface area contributed by atoms with Crippen LogP contribution in [0.15, 0.2) is 0 Å². The van der Waals surface area contributed by atoms with Gasteiger partial charge < -0.3 is 0 Å². The van der Waals surface area contributed by atoms with Crippen molar-refractivity contribution in [3.05, 3.63) is 0 Å². The van der Waals surface area contributed by atoms with Crippen LogP contribution in [0.25, 0.3) is 0 Å². The molecule has 0 spiro atoms. The quantitative estimate of drug-likeness (QED) is 0.171. The molecule has 0 saturated heterocycles. The van der Waals surface area contributed by atoms with Gasteiger partial charge in [-0.1, -0.05) is 380 Å². The lowest BCUT2D eigenvalue weighted by Gasteiger charge is -2.18. The first-order valence-electron chi connectivity index (χ1n) is 36.1. The Morgan fingerprint density at radius 2 is 0.684 bits per heavy atom. The summed E-state index contributed by atoms with van der Waals surface area (Å²) in [6, 6.07) is 0. The van der Waals surface area contributed by atoms with Gasteiger partial charge in [0.25, 0.3) is 0 Å². The molecule has 3 rings (SSSR count). The van der Waals surface area contributed by atoms with Crippen LogP contribution in [-0.4, -0.2) is 12.4 Å². The highest BCUT2D eigenvalue weighted by molar-refractivity contribution is 4.65. The number of rotatable bonds is 12. The van der Waals surface area contributed by atoms with Crippen LogP contribution in [0, 0.1) is 53.2 Å². The zero-order valence-electron chi connectivity index (χ0n) is 65.9. The third-order valence-corrected chi connectivity index (χ3v) is 11.2. The monoisotopic (exact) mass is 1120 g/mol. The number of hydrogen-bond acceptors (Lipinski definition) is 0. The van der Waals surface area contributed by atoms with Gasteiger partial charge in [-0.25, -0.2) is 0 Å². The zero-order valence-corrected chi connectivity index (χ0v) is 57.9. The second-order valence-electron chi connectivity index (χ2n) is 22.5. The molecule has 0 aliphatic heterocycles. The van der Waals surface area contributed by atoms with E-state index in [2.05, 4.69) is 104 Å². The van der Waals surface area contributed by atoms with Gasteiger partial charge in [0.05, 0.1) is 11.8 Å². The lowest BCUT2D eigenvalue weighted by atomic mass is 9.88. The minimum Gasteiger partial charge on any atom is -0.171 e. The van der Waals surface area contributed by atoms with E-state index in [1.165, 1.54) is 130 Å². The Bertz CT molecular complexity index is 1130. The van der Waals surface area contributed by atoms with Crippen LogP contribution < -0.4 is 0 Å². The molecule has 0 aromatic rings. The Labute approximate surface area is 494 Å². The topological polar surface area (TPSA) is 0 Å². The van der Waals surface area contributed by atoms with Crippen LogP contribution in [0.3, 0.4) is 0 Å². The normalized spacial score (nSPS) is 17.2. The molecule has 3 aliphatic rings. The van der Waals surface area contributed by atoms with Gasteiger partial charge in [-0.2, -0.15) is 26.3 Å². The molecule has 0 bridgehead atoms. The van der Waals surface area contributed by atoms with E-state index >= 15 is 0 Å². The van der Waals surface area contributed by atoms with E-state index in [9.17, 15) is 26.3 Å². The summed E-state index contributed by atoms with van der Waals surface area (Å²) >= 11 is 0. The van der Waals surface area contributed by atoms with Gasteiger partial charge in [-0.05, 0) is 54.2 Å². The van der Waals surface area contributed by atoms with E-state index in [1.54, 1.807) is 27.7 Å². The molecule has 76 heavy (non-hydrogen) atoms. The highest BCUT2D eigenvalue weighted by Gasteiger charge is 2.35. The molecule has 0 N–H and O–H groups in total. The predicted molar refractivity (Wildman–Crippen MR) is 347 cm³/mol. The third-order valence-electron chi connectivity index (χ3n) is 11.2. The first-order chi connectivity index (χ1) is 38.0. The number of hydrogen-bond donors (Lipinski definition) is 0. The molecule has 2 unspecified atom stereocenters. The largest absolute Gasteiger partial charge is 0.391 e. The average molecular weight is 1120 g/mol. The number of halogens is 6. The third kappa shape index (κ3) is 140. The minimum absolute atomic E-state index is 0.0712. The van der Waals surface area contributed by atoms with Crippen molar-refractivity contribution in [3.8, 4) is 0 Å². The molecule has 6 heteroatoms. The summed E-state index contributed by atoms with van der Waals surface area (Å²) < 4.78 is 127. The van der Waals surface area contributed by atoms with Gasteiger partial charge in [-0.3, -0.25) is 0 Å². The minimum atomic E-state index is -3.99. The second kappa shape index (κ2) is 85.9. The molecule has 0 aromatic carbocycles. The maximum atomic E-state index is 11.6. The molecule has 0 nitrogen and oxygen atoms in total. The van der Waals surface area contributed by atoms with E-state index < -0.39 is 43.3 Å². The van der Waals surface area contributed by atoms with Crippen LogP contribution in [0.2, 0.25) is 0 Å². The molecule has 0 radical (unpaired) electrons.